The molecule has 0 spiro atoms. The van der Waals surface area contributed by atoms with Crippen LogP contribution in [0, 0.1) is 0 Å². The largest absolute Gasteiger partial charge is 0.465 e. The summed E-state index contributed by atoms with van der Waals surface area (Å²) in [6.07, 6.45) is 0. The van der Waals surface area contributed by atoms with Crippen LogP contribution in [0.3, 0.4) is 0 Å². The van der Waals surface area contributed by atoms with E-state index in [-0.39, 0.29) is 15.7 Å². The molecule has 2 aromatic rings. The number of ether oxygens (including phenoxy) is 1. The SMILES string of the molecule is COC(=O)c1ccc(N2CCN(C)CC2)c(NC(=S)NC(=O)c2cc(Cl)ccc2Cl)c1. The third kappa shape index (κ3) is 5.86. The lowest BCUT2D eigenvalue weighted by Gasteiger charge is -2.35. The highest BCUT2D eigenvalue weighted by Gasteiger charge is 2.20. The molecule has 0 atom stereocenters. The fourth-order valence-electron chi connectivity index (χ4n) is 3.20. The highest BCUT2D eigenvalue weighted by molar-refractivity contribution is 7.80. The van der Waals surface area contributed by atoms with Crippen molar-refractivity contribution >= 4 is 63.8 Å². The first-order valence-electron chi connectivity index (χ1n) is 9.51. The number of anilines is 2. The molecule has 1 aliphatic rings. The first kappa shape index (κ1) is 23.3. The van der Waals surface area contributed by atoms with Gasteiger partial charge < -0.3 is 19.9 Å². The average molecular weight is 481 g/mol. The molecule has 2 N–H and O–H groups in total. The predicted molar refractivity (Wildman–Crippen MR) is 128 cm³/mol. The Morgan fingerprint density at radius 2 is 1.77 bits per heavy atom. The van der Waals surface area contributed by atoms with E-state index in [4.69, 9.17) is 40.2 Å². The van der Waals surface area contributed by atoms with Crippen molar-refractivity contribution in [2.24, 2.45) is 0 Å². The van der Waals surface area contributed by atoms with Crippen LogP contribution in [0.25, 0.3) is 0 Å². The summed E-state index contributed by atoms with van der Waals surface area (Å²) in [5.41, 5.74) is 2.05. The Kier molecular flexibility index (Phi) is 7.72. The number of carbonyl (C=O) groups is 2. The van der Waals surface area contributed by atoms with E-state index in [1.165, 1.54) is 13.2 Å². The summed E-state index contributed by atoms with van der Waals surface area (Å²) in [4.78, 5) is 29.0. The molecule has 1 fully saturated rings. The van der Waals surface area contributed by atoms with E-state index in [1.807, 2.05) is 6.07 Å². The second-order valence-corrected chi connectivity index (χ2v) is 8.30. The molecular weight excluding hydrogens is 459 g/mol. The fourth-order valence-corrected chi connectivity index (χ4v) is 3.78. The smallest absolute Gasteiger partial charge is 0.337 e. The number of hydrogen-bond acceptors (Lipinski definition) is 6. The van der Waals surface area contributed by atoms with Gasteiger partial charge in [0.15, 0.2) is 5.11 Å². The van der Waals surface area contributed by atoms with Crippen molar-refractivity contribution in [2.45, 2.75) is 0 Å². The van der Waals surface area contributed by atoms with Gasteiger partial charge in [0.25, 0.3) is 5.91 Å². The van der Waals surface area contributed by atoms with E-state index in [1.54, 1.807) is 24.3 Å². The van der Waals surface area contributed by atoms with Gasteiger partial charge in [0.2, 0.25) is 0 Å². The number of benzene rings is 2. The molecule has 0 radical (unpaired) electrons. The lowest BCUT2D eigenvalue weighted by Crippen LogP contribution is -2.45. The molecular formula is C21H22Cl2N4O3S. The van der Waals surface area contributed by atoms with Crippen LogP contribution < -0.4 is 15.5 Å². The molecule has 7 nitrogen and oxygen atoms in total. The molecule has 0 bridgehead atoms. The van der Waals surface area contributed by atoms with Crippen molar-refractivity contribution in [3.8, 4) is 0 Å². The summed E-state index contributed by atoms with van der Waals surface area (Å²) in [5, 5.41) is 6.35. The summed E-state index contributed by atoms with van der Waals surface area (Å²) >= 11 is 17.4. The van der Waals surface area contributed by atoms with E-state index >= 15 is 0 Å². The molecule has 2 aromatic carbocycles. The summed E-state index contributed by atoms with van der Waals surface area (Å²) in [6.45, 7) is 3.46. The molecule has 1 aliphatic heterocycles. The maximum Gasteiger partial charge on any atom is 0.337 e. The van der Waals surface area contributed by atoms with Gasteiger partial charge in [-0.3, -0.25) is 10.1 Å². The van der Waals surface area contributed by atoms with Gasteiger partial charge in [0.1, 0.15) is 0 Å². The van der Waals surface area contributed by atoms with Gasteiger partial charge in [-0.15, -0.1) is 0 Å². The number of amides is 1. The zero-order valence-electron chi connectivity index (χ0n) is 17.1. The Morgan fingerprint density at radius 3 is 2.45 bits per heavy atom. The topological polar surface area (TPSA) is 73.9 Å². The molecule has 0 aromatic heterocycles. The number of likely N-dealkylation sites (N-methyl/N-ethyl adjacent to an activating group) is 1. The molecule has 1 saturated heterocycles. The summed E-state index contributed by atoms with van der Waals surface area (Å²) in [5.74, 6) is -0.955. The van der Waals surface area contributed by atoms with E-state index in [2.05, 4.69) is 27.5 Å². The second-order valence-electron chi connectivity index (χ2n) is 7.05. The number of nitrogens with one attached hydrogen (secondary N) is 2. The molecule has 0 aliphatic carbocycles. The molecule has 31 heavy (non-hydrogen) atoms. The fraction of sp³-hybridized carbons (Fsp3) is 0.286. The Balaban J connectivity index is 1.82. The molecule has 10 heteroatoms. The molecule has 1 heterocycles. The van der Waals surface area contributed by atoms with Crippen LogP contribution in [0.4, 0.5) is 11.4 Å². The van der Waals surface area contributed by atoms with Crippen LogP contribution in [-0.2, 0) is 4.74 Å². The van der Waals surface area contributed by atoms with Crippen LogP contribution in [0.2, 0.25) is 10.0 Å². The first-order valence-corrected chi connectivity index (χ1v) is 10.7. The maximum atomic E-state index is 12.6. The van der Waals surface area contributed by atoms with E-state index in [0.29, 0.717) is 16.3 Å². The normalized spacial score (nSPS) is 14.1. The van der Waals surface area contributed by atoms with Crippen molar-refractivity contribution in [1.29, 1.82) is 0 Å². The highest BCUT2D eigenvalue weighted by atomic mass is 35.5. The van der Waals surface area contributed by atoms with Crippen molar-refractivity contribution in [2.75, 3.05) is 50.6 Å². The van der Waals surface area contributed by atoms with Gasteiger partial charge in [0.05, 0.1) is 34.6 Å². The number of nitrogens with zero attached hydrogens (tertiary/aromatic N) is 2. The summed E-state index contributed by atoms with van der Waals surface area (Å²) < 4.78 is 4.83. The predicted octanol–water partition coefficient (Wildman–Crippen LogP) is 3.66. The van der Waals surface area contributed by atoms with Crippen molar-refractivity contribution < 1.29 is 14.3 Å². The third-order valence-corrected chi connectivity index (χ3v) is 5.68. The first-order chi connectivity index (χ1) is 14.8. The number of halogens is 2. The zero-order valence-corrected chi connectivity index (χ0v) is 19.4. The van der Waals surface area contributed by atoms with Gasteiger partial charge in [-0.1, -0.05) is 23.2 Å². The standard InChI is InChI=1S/C21H22Cl2N4O3S/c1-26-7-9-27(10-8-26)18-6-3-13(20(29)30-2)11-17(18)24-21(31)25-19(28)15-12-14(22)4-5-16(15)23/h3-6,11-12H,7-10H2,1-2H3,(H2,24,25,28,31). The van der Waals surface area contributed by atoms with Crippen LogP contribution >= 0.6 is 35.4 Å². The second kappa shape index (κ2) is 10.3. The Labute approximate surface area is 196 Å². The maximum absolute atomic E-state index is 12.6. The number of piperazine rings is 1. The van der Waals surface area contributed by atoms with Crippen molar-refractivity contribution in [3.05, 3.63) is 57.6 Å². The molecule has 0 unspecified atom stereocenters. The quantitative estimate of drug-likeness (QED) is 0.510. The third-order valence-electron chi connectivity index (χ3n) is 4.91. The van der Waals surface area contributed by atoms with Crippen molar-refractivity contribution in [3.63, 3.8) is 0 Å². The van der Waals surface area contributed by atoms with Gasteiger partial charge >= 0.3 is 5.97 Å². The van der Waals surface area contributed by atoms with Crippen molar-refractivity contribution in [1.82, 2.24) is 10.2 Å². The minimum absolute atomic E-state index is 0.0680. The van der Waals surface area contributed by atoms with Crippen LogP contribution in [0.1, 0.15) is 20.7 Å². The van der Waals surface area contributed by atoms with Crippen LogP contribution in [0.5, 0.6) is 0 Å². The molecule has 164 valence electrons. The minimum atomic E-state index is -0.490. The number of carbonyl (C=O) groups excluding carboxylic acids is 2. The Morgan fingerprint density at radius 1 is 1.06 bits per heavy atom. The van der Waals surface area contributed by atoms with Crippen LogP contribution in [0.15, 0.2) is 36.4 Å². The molecule has 1 amide bonds. The lowest BCUT2D eigenvalue weighted by molar-refractivity contribution is 0.0600. The van der Waals surface area contributed by atoms with Gasteiger partial charge in [-0.05, 0) is 55.7 Å². The van der Waals surface area contributed by atoms with Gasteiger partial charge in [-0.25, -0.2) is 4.79 Å². The number of esters is 1. The number of thiocarbonyl (C=S) groups is 1. The Bertz CT molecular complexity index is 1010. The summed E-state index contributed by atoms with van der Waals surface area (Å²) in [7, 11) is 3.39. The van der Waals surface area contributed by atoms with Gasteiger partial charge in [0, 0.05) is 31.2 Å². The van der Waals surface area contributed by atoms with E-state index in [9.17, 15) is 9.59 Å². The number of rotatable bonds is 4. The van der Waals surface area contributed by atoms with E-state index < -0.39 is 11.9 Å². The summed E-state index contributed by atoms with van der Waals surface area (Å²) in [6, 6.07) is 9.81. The Hall–Kier alpha value is -2.39. The lowest BCUT2D eigenvalue weighted by atomic mass is 10.1. The highest BCUT2D eigenvalue weighted by Crippen LogP contribution is 2.29. The molecule has 3 rings (SSSR count). The number of methoxy groups -OCH3 is 1. The minimum Gasteiger partial charge on any atom is -0.465 e. The zero-order chi connectivity index (χ0) is 22.5. The van der Waals surface area contributed by atoms with Crippen LogP contribution in [-0.4, -0.2) is 62.2 Å². The molecule has 0 saturated carbocycles. The van der Waals surface area contributed by atoms with Gasteiger partial charge in [-0.2, -0.15) is 0 Å². The monoisotopic (exact) mass is 480 g/mol. The average Bonchev–Trinajstić information content (AvgIpc) is 2.75. The van der Waals surface area contributed by atoms with E-state index in [0.717, 1.165) is 31.9 Å². The number of hydrogen-bond donors (Lipinski definition) is 2.